The van der Waals surface area contributed by atoms with Gasteiger partial charge in [0.05, 0.1) is 22.9 Å². The lowest BCUT2D eigenvalue weighted by Gasteiger charge is -2.13. The van der Waals surface area contributed by atoms with Crippen LogP contribution in [0.1, 0.15) is 34.1 Å². The Labute approximate surface area is 195 Å². The molecule has 3 rings (SSSR count). The number of rotatable bonds is 8. The van der Waals surface area contributed by atoms with Gasteiger partial charge in [0.25, 0.3) is 5.56 Å². The number of halogens is 2. The molecule has 2 N–H and O–H groups in total. The third kappa shape index (κ3) is 5.59. The lowest BCUT2D eigenvalue weighted by atomic mass is 10.1. The average molecular weight is 473 g/mol. The smallest absolute Gasteiger partial charge is 0.356 e. The summed E-state index contributed by atoms with van der Waals surface area (Å²) in [5, 5.41) is 0.406. The second-order valence-electron chi connectivity index (χ2n) is 6.84. The van der Waals surface area contributed by atoms with Gasteiger partial charge in [-0.25, -0.2) is 4.79 Å². The van der Waals surface area contributed by atoms with Crippen molar-refractivity contribution >= 4 is 41.3 Å². The van der Waals surface area contributed by atoms with Crippen molar-refractivity contribution in [3.63, 3.8) is 0 Å². The minimum atomic E-state index is -0.617. The number of hydrogen-bond donors (Lipinski definition) is 1. The van der Waals surface area contributed by atoms with Crippen molar-refractivity contribution in [3.05, 3.63) is 97.4 Å². The Balaban J connectivity index is 1.90. The second-order valence-corrected chi connectivity index (χ2v) is 7.65. The molecule has 3 aromatic rings. The highest BCUT2D eigenvalue weighted by molar-refractivity contribution is 6.35. The molecule has 0 aliphatic heterocycles. The number of hydrogen-bond acceptors (Lipinski definition) is 5. The Bertz CT molecular complexity index is 1190. The Morgan fingerprint density at radius 1 is 1.06 bits per heavy atom. The van der Waals surface area contributed by atoms with Gasteiger partial charge < -0.3 is 14.1 Å². The maximum absolute atomic E-state index is 12.8. The monoisotopic (exact) mass is 472 g/mol. The van der Waals surface area contributed by atoms with E-state index in [-0.39, 0.29) is 10.6 Å². The zero-order valence-corrected chi connectivity index (χ0v) is 18.9. The number of nitrogens with two attached hydrogens (primary N) is 1. The van der Waals surface area contributed by atoms with Gasteiger partial charge in [-0.2, -0.15) is 5.90 Å². The fourth-order valence-corrected chi connectivity index (χ4v) is 3.74. The van der Waals surface area contributed by atoms with Crippen LogP contribution < -0.4 is 16.2 Å². The molecular weight excluding hydrogens is 451 g/mol. The first-order valence-corrected chi connectivity index (χ1v) is 10.7. The van der Waals surface area contributed by atoms with Crippen molar-refractivity contribution < 1.29 is 14.4 Å². The Hall–Kier alpha value is -3.06. The van der Waals surface area contributed by atoms with Crippen LogP contribution in [0.4, 0.5) is 0 Å². The minimum Gasteiger partial charge on any atom is -0.493 e. The van der Waals surface area contributed by atoms with Crippen molar-refractivity contribution in [2.75, 3.05) is 6.61 Å². The number of aromatic nitrogens is 1. The van der Waals surface area contributed by atoms with Crippen LogP contribution in [-0.4, -0.2) is 17.1 Å². The quantitative estimate of drug-likeness (QED) is 0.466. The van der Waals surface area contributed by atoms with Gasteiger partial charge in [-0.15, -0.1) is 0 Å². The molecule has 0 aliphatic rings. The molecule has 0 fully saturated rings. The molecule has 166 valence electrons. The van der Waals surface area contributed by atoms with Crippen LogP contribution in [0.15, 0.2) is 59.4 Å². The Kier molecular flexibility index (Phi) is 8.11. The van der Waals surface area contributed by atoms with Gasteiger partial charge in [0.15, 0.2) is 0 Å². The van der Waals surface area contributed by atoms with Gasteiger partial charge in [-0.1, -0.05) is 53.5 Å². The summed E-state index contributed by atoms with van der Waals surface area (Å²) >= 11 is 12.5. The first-order valence-electron chi connectivity index (χ1n) is 9.93. The first kappa shape index (κ1) is 23.6. The van der Waals surface area contributed by atoms with Crippen LogP contribution in [-0.2, 0) is 17.8 Å². The fraction of sp³-hybridized carbons (Fsp3) is 0.167. The van der Waals surface area contributed by atoms with E-state index in [9.17, 15) is 9.59 Å². The summed E-state index contributed by atoms with van der Waals surface area (Å²) in [6.07, 6.45) is 4.15. The molecule has 8 heteroatoms. The summed E-state index contributed by atoms with van der Waals surface area (Å²) in [5.74, 6) is 5.03. The summed E-state index contributed by atoms with van der Waals surface area (Å²) in [5.41, 5.74) is 2.32. The minimum absolute atomic E-state index is 0.0444. The molecule has 0 saturated carbocycles. The molecule has 32 heavy (non-hydrogen) atoms. The number of para-hydroxylation sites is 1. The molecular formula is C24H22Cl2N2O4. The number of benzene rings is 2. The summed E-state index contributed by atoms with van der Waals surface area (Å²) in [4.78, 5) is 28.5. The maximum Gasteiger partial charge on any atom is 0.356 e. The van der Waals surface area contributed by atoms with Crippen LogP contribution in [0.3, 0.4) is 0 Å². The molecule has 0 saturated heterocycles. The fourth-order valence-electron chi connectivity index (χ4n) is 3.20. The van der Waals surface area contributed by atoms with Gasteiger partial charge in [-0.3, -0.25) is 4.79 Å². The van der Waals surface area contributed by atoms with E-state index in [1.54, 1.807) is 30.3 Å². The molecule has 0 bridgehead atoms. The number of aryl methyl sites for hydroxylation is 1. The number of pyridine rings is 1. The van der Waals surface area contributed by atoms with Crippen LogP contribution >= 0.6 is 23.2 Å². The van der Waals surface area contributed by atoms with Crippen LogP contribution in [0.25, 0.3) is 12.2 Å². The third-order valence-corrected chi connectivity index (χ3v) is 5.37. The highest BCUT2D eigenvalue weighted by Crippen LogP contribution is 2.24. The van der Waals surface area contributed by atoms with Gasteiger partial charge in [0.1, 0.15) is 10.8 Å². The maximum atomic E-state index is 12.8. The van der Waals surface area contributed by atoms with E-state index in [0.29, 0.717) is 35.9 Å². The Morgan fingerprint density at radius 3 is 2.47 bits per heavy atom. The summed E-state index contributed by atoms with van der Waals surface area (Å²) in [6, 6.07) is 15.8. The molecule has 0 aliphatic carbocycles. The lowest BCUT2D eigenvalue weighted by molar-refractivity contribution is 0.0503. The van der Waals surface area contributed by atoms with Gasteiger partial charge in [0.2, 0.25) is 0 Å². The number of carbonyl (C=O) groups excluding carboxylic acids is 1. The van der Waals surface area contributed by atoms with Gasteiger partial charge >= 0.3 is 5.97 Å². The van der Waals surface area contributed by atoms with Crippen LogP contribution in [0.2, 0.25) is 10.0 Å². The molecule has 1 heterocycles. The van der Waals surface area contributed by atoms with E-state index in [4.69, 9.17) is 33.8 Å². The van der Waals surface area contributed by atoms with E-state index in [1.165, 1.54) is 10.6 Å². The van der Waals surface area contributed by atoms with Crippen molar-refractivity contribution in [2.24, 2.45) is 5.90 Å². The molecule has 0 spiro atoms. The normalized spacial score (nSPS) is 11.0. The average Bonchev–Trinajstić information content (AvgIpc) is 2.80. The standard InChI is InChI=1S/C24H22Cl2N2O4/c1-2-31-22-6-4-3-5-17(22)11-12-21-19(25)15-20(26)23(29)28(21)14-13-16-7-9-18(10-8-16)24(30)32-27/h3-12,15H,2,13-14,27H2,1H3/b12-11+. The van der Waals surface area contributed by atoms with Crippen molar-refractivity contribution in [3.8, 4) is 5.75 Å². The SMILES string of the molecule is CCOc1ccccc1/C=C/c1c(Cl)cc(Cl)c(=O)n1CCc1ccc(C(=O)ON)cc1. The number of carbonyl (C=O) groups is 1. The largest absolute Gasteiger partial charge is 0.493 e. The van der Waals surface area contributed by atoms with Crippen LogP contribution in [0, 0.1) is 0 Å². The van der Waals surface area contributed by atoms with E-state index in [1.807, 2.05) is 37.3 Å². The zero-order valence-electron chi connectivity index (χ0n) is 17.4. The van der Waals surface area contributed by atoms with E-state index >= 15 is 0 Å². The highest BCUT2D eigenvalue weighted by atomic mass is 35.5. The predicted molar refractivity (Wildman–Crippen MR) is 127 cm³/mol. The van der Waals surface area contributed by atoms with Crippen molar-refractivity contribution in [1.29, 1.82) is 0 Å². The Morgan fingerprint density at radius 2 is 1.78 bits per heavy atom. The predicted octanol–water partition coefficient (Wildman–Crippen LogP) is 5.00. The van der Waals surface area contributed by atoms with Crippen molar-refractivity contribution in [1.82, 2.24) is 4.57 Å². The number of ether oxygens (including phenoxy) is 1. The molecule has 0 amide bonds. The molecule has 2 aromatic carbocycles. The lowest BCUT2D eigenvalue weighted by Crippen LogP contribution is -2.24. The third-order valence-electron chi connectivity index (χ3n) is 4.80. The molecule has 0 unspecified atom stereocenters. The molecule has 0 radical (unpaired) electrons. The van der Waals surface area contributed by atoms with Crippen LogP contribution in [0.5, 0.6) is 5.75 Å². The van der Waals surface area contributed by atoms with E-state index < -0.39 is 5.97 Å². The van der Waals surface area contributed by atoms with E-state index in [0.717, 1.165) is 16.9 Å². The first-order chi connectivity index (χ1) is 15.4. The molecule has 1 aromatic heterocycles. The zero-order chi connectivity index (χ0) is 23.1. The topological polar surface area (TPSA) is 83.5 Å². The summed E-state index contributed by atoms with van der Waals surface area (Å²) in [7, 11) is 0. The van der Waals surface area contributed by atoms with Crippen molar-refractivity contribution in [2.45, 2.75) is 19.9 Å². The summed E-state index contributed by atoms with van der Waals surface area (Å²) < 4.78 is 7.19. The highest BCUT2D eigenvalue weighted by Gasteiger charge is 2.12. The van der Waals surface area contributed by atoms with Gasteiger partial charge in [0, 0.05) is 12.1 Å². The summed E-state index contributed by atoms with van der Waals surface area (Å²) in [6.45, 7) is 2.80. The number of nitrogens with zero attached hydrogens (tertiary/aromatic N) is 1. The molecule has 0 atom stereocenters. The second kappa shape index (κ2) is 11.0. The van der Waals surface area contributed by atoms with Gasteiger partial charge in [-0.05, 0) is 55.3 Å². The molecule has 6 nitrogen and oxygen atoms in total. The van der Waals surface area contributed by atoms with E-state index in [2.05, 4.69) is 4.84 Å².